The number of amides is 1. The molecule has 2 rings (SSSR count). The van der Waals surface area contributed by atoms with E-state index in [1.54, 1.807) is 6.07 Å². The van der Waals surface area contributed by atoms with Crippen LogP contribution in [0.2, 0.25) is 5.02 Å². The van der Waals surface area contributed by atoms with Crippen molar-refractivity contribution in [2.75, 3.05) is 5.32 Å². The molecule has 1 unspecified atom stereocenters. The van der Waals surface area contributed by atoms with Crippen LogP contribution in [0.1, 0.15) is 32.1 Å². The van der Waals surface area contributed by atoms with Crippen molar-refractivity contribution in [2.45, 2.75) is 32.1 Å². The zero-order chi connectivity index (χ0) is 16.1. The first-order valence-corrected chi connectivity index (χ1v) is 7.57. The van der Waals surface area contributed by atoms with E-state index in [4.69, 9.17) is 16.9 Å². The van der Waals surface area contributed by atoms with Crippen LogP contribution >= 0.6 is 11.6 Å². The Bertz CT molecular complexity index is 621. The average molecular weight is 323 g/mol. The van der Waals surface area contributed by atoms with Gasteiger partial charge in [-0.25, -0.2) is 4.39 Å². The number of nitriles is 1. The molecular formula is C16H16ClFN2O2. The highest BCUT2D eigenvalue weighted by Crippen LogP contribution is 2.29. The number of anilines is 1. The number of benzene rings is 1. The Kier molecular flexibility index (Phi) is 5.51. The molecule has 0 aromatic heterocycles. The van der Waals surface area contributed by atoms with E-state index in [1.165, 1.54) is 12.1 Å². The van der Waals surface area contributed by atoms with Crippen molar-refractivity contribution >= 4 is 29.0 Å². The van der Waals surface area contributed by atoms with Gasteiger partial charge in [0.15, 0.2) is 11.7 Å². The normalized spacial score (nSPS) is 16.0. The fourth-order valence-electron chi connectivity index (χ4n) is 2.68. The third-order valence-electron chi connectivity index (χ3n) is 3.87. The molecule has 1 aromatic rings. The molecule has 4 nitrogen and oxygen atoms in total. The van der Waals surface area contributed by atoms with Gasteiger partial charge in [0.2, 0.25) is 5.91 Å². The predicted octanol–water partition coefficient (Wildman–Crippen LogP) is 3.71. The molecule has 0 radical (unpaired) electrons. The molecule has 0 saturated heterocycles. The molecule has 0 spiro atoms. The van der Waals surface area contributed by atoms with Crippen LogP contribution in [0.4, 0.5) is 10.1 Å². The molecule has 1 saturated carbocycles. The second-order valence-electron chi connectivity index (χ2n) is 5.50. The van der Waals surface area contributed by atoms with Gasteiger partial charge >= 0.3 is 0 Å². The Balaban J connectivity index is 2.00. The first kappa shape index (κ1) is 16.4. The summed E-state index contributed by atoms with van der Waals surface area (Å²) < 4.78 is 13.1. The summed E-state index contributed by atoms with van der Waals surface area (Å²) in [6, 6.07) is 5.43. The van der Waals surface area contributed by atoms with Gasteiger partial charge in [-0.1, -0.05) is 37.3 Å². The maximum atomic E-state index is 13.1. The molecule has 0 aliphatic heterocycles. The molecule has 1 N–H and O–H groups in total. The van der Waals surface area contributed by atoms with E-state index in [0.717, 1.165) is 31.7 Å². The highest BCUT2D eigenvalue weighted by atomic mass is 35.5. The molecule has 22 heavy (non-hydrogen) atoms. The Morgan fingerprint density at radius 3 is 2.68 bits per heavy atom. The van der Waals surface area contributed by atoms with Crippen LogP contribution in [-0.4, -0.2) is 11.7 Å². The lowest BCUT2D eigenvalue weighted by Crippen LogP contribution is -2.29. The van der Waals surface area contributed by atoms with Gasteiger partial charge in [-0.2, -0.15) is 5.26 Å². The summed E-state index contributed by atoms with van der Waals surface area (Å²) in [6.07, 6.45) is 4.39. The number of nitrogens with one attached hydrogen (secondary N) is 1. The molecule has 1 aliphatic carbocycles. The summed E-state index contributed by atoms with van der Waals surface area (Å²) in [6.45, 7) is 0. The maximum absolute atomic E-state index is 13.1. The second kappa shape index (κ2) is 7.37. The maximum Gasteiger partial charge on any atom is 0.249 e. The molecule has 1 amide bonds. The third kappa shape index (κ3) is 4.05. The van der Waals surface area contributed by atoms with E-state index in [0.29, 0.717) is 0 Å². The van der Waals surface area contributed by atoms with Gasteiger partial charge in [0, 0.05) is 12.1 Å². The fraction of sp³-hybridized carbons (Fsp3) is 0.438. The average Bonchev–Trinajstić information content (AvgIpc) is 2.96. The largest absolute Gasteiger partial charge is 0.324 e. The van der Waals surface area contributed by atoms with Crippen LogP contribution in [0.15, 0.2) is 18.2 Å². The Morgan fingerprint density at radius 2 is 2.09 bits per heavy atom. The van der Waals surface area contributed by atoms with Crippen molar-refractivity contribution in [3.8, 4) is 6.07 Å². The van der Waals surface area contributed by atoms with E-state index in [9.17, 15) is 14.0 Å². The SMILES string of the molecule is N#CC(C(=O)CC1CCCC1)C(=O)Nc1ccc(F)c(Cl)c1. The number of ketones is 1. The van der Waals surface area contributed by atoms with Gasteiger partial charge in [-0.05, 0) is 24.1 Å². The summed E-state index contributed by atoms with van der Waals surface area (Å²) in [5.41, 5.74) is 0.255. The Labute approximate surface area is 133 Å². The number of carbonyl (C=O) groups is 2. The molecule has 1 atom stereocenters. The molecule has 1 aliphatic rings. The van der Waals surface area contributed by atoms with E-state index < -0.39 is 17.6 Å². The van der Waals surface area contributed by atoms with Crippen LogP contribution in [0.25, 0.3) is 0 Å². The van der Waals surface area contributed by atoms with Gasteiger partial charge in [-0.15, -0.1) is 0 Å². The van der Waals surface area contributed by atoms with Gasteiger partial charge in [-0.3, -0.25) is 9.59 Å². The van der Waals surface area contributed by atoms with Crippen LogP contribution in [0.5, 0.6) is 0 Å². The first-order valence-electron chi connectivity index (χ1n) is 7.19. The first-order chi connectivity index (χ1) is 10.5. The molecule has 0 heterocycles. The molecule has 0 bridgehead atoms. The monoisotopic (exact) mass is 322 g/mol. The van der Waals surface area contributed by atoms with Gasteiger partial charge in [0.05, 0.1) is 11.1 Å². The fourth-order valence-corrected chi connectivity index (χ4v) is 2.86. The zero-order valence-electron chi connectivity index (χ0n) is 11.9. The molecular weight excluding hydrogens is 307 g/mol. The number of hydrogen-bond acceptors (Lipinski definition) is 3. The molecule has 6 heteroatoms. The number of Topliss-reactive ketones (excluding diaryl/α,β-unsaturated/α-hetero) is 1. The highest BCUT2D eigenvalue weighted by molar-refractivity contribution is 6.31. The van der Waals surface area contributed by atoms with Crippen LogP contribution in [0, 0.1) is 29.0 Å². The summed E-state index contributed by atoms with van der Waals surface area (Å²) in [5.74, 6) is -2.73. The van der Waals surface area contributed by atoms with Crippen molar-refractivity contribution in [2.24, 2.45) is 11.8 Å². The van der Waals surface area contributed by atoms with Crippen molar-refractivity contribution < 1.29 is 14.0 Å². The van der Waals surface area contributed by atoms with Crippen LogP contribution in [-0.2, 0) is 9.59 Å². The van der Waals surface area contributed by atoms with E-state index in [-0.39, 0.29) is 28.8 Å². The molecule has 1 aromatic carbocycles. The Morgan fingerprint density at radius 1 is 1.41 bits per heavy atom. The number of halogens is 2. The van der Waals surface area contributed by atoms with Crippen molar-refractivity contribution in [3.05, 3.63) is 29.0 Å². The minimum Gasteiger partial charge on any atom is -0.324 e. The second-order valence-corrected chi connectivity index (χ2v) is 5.91. The van der Waals surface area contributed by atoms with E-state index in [1.807, 2.05) is 0 Å². The smallest absolute Gasteiger partial charge is 0.249 e. The summed E-state index contributed by atoms with van der Waals surface area (Å²) in [7, 11) is 0. The minimum atomic E-state index is -1.34. The minimum absolute atomic E-state index is 0.136. The number of rotatable bonds is 5. The summed E-state index contributed by atoms with van der Waals surface area (Å²) in [5, 5.41) is 11.4. The lowest BCUT2D eigenvalue weighted by Gasteiger charge is -2.12. The number of nitrogens with zero attached hydrogens (tertiary/aromatic N) is 1. The summed E-state index contributed by atoms with van der Waals surface area (Å²) in [4.78, 5) is 24.2. The quantitative estimate of drug-likeness (QED) is 0.840. The van der Waals surface area contributed by atoms with Gasteiger partial charge < -0.3 is 5.32 Å². The Hall–Kier alpha value is -1.93. The zero-order valence-corrected chi connectivity index (χ0v) is 12.7. The third-order valence-corrected chi connectivity index (χ3v) is 4.15. The standard InChI is InChI=1S/C16H16ClFN2O2/c17-13-8-11(5-6-14(13)18)20-16(22)12(9-19)15(21)7-10-3-1-2-4-10/h5-6,8,10,12H,1-4,7H2,(H,20,22). The van der Waals surface area contributed by atoms with Gasteiger partial charge in [0.25, 0.3) is 0 Å². The number of hydrogen-bond donors (Lipinski definition) is 1. The van der Waals surface area contributed by atoms with E-state index >= 15 is 0 Å². The number of carbonyl (C=O) groups excluding carboxylic acids is 2. The molecule has 1 fully saturated rings. The van der Waals surface area contributed by atoms with Crippen molar-refractivity contribution in [1.29, 1.82) is 5.26 Å². The lowest BCUT2D eigenvalue weighted by atomic mass is 9.93. The van der Waals surface area contributed by atoms with Crippen LogP contribution < -0.4 is 5.32 Å². The topological polar surface area (TPSA) is 70.0 Å². The van der Waals surface area contributed by atoms with Gasteiger partial charge in [0.1, 0.15) is 5.82 Å². The summed E-state index contributed by atoms with van der Waals surface area (Å²) >= 11 is 5.63. The van der Waals surface area contributed by atoms with E-state index in [2.05, 4.69) is 5.32 Å². The lowest BCUT2D eigenvalue weighted by molar-refractivity contribution is -0.129. The predicted molar refractivity (Wildman–Crippen MR) is 80.7 cm³/mol. The van der Waals surface area contributed by atoms with Crippen molar-refractivity contribution in [1.82, 2.24) is 0 Å². The highest BCUT2D eigenvalue weighted by Gasteiger charge is 2.29. The van der Waals surface area contributed by atoms with Crippen molar-refractivity contribution in [3.63, 3.8) is 0 Å². The molecule has 116 valence electrons. The van der Waals surface area contributed by atoms with Crippen LogP contribution in [0.3, 0.4) is 0 Å².